The van der Waals surface area contributed by atoms with Crippen molar-refractivity contribution in [3.63, 3.8) is 0 Å². The lowest BCUT2D eigenvalue weighted by Gasteiger charge is -2.19. The lowest BCUT2D eigenvalue weighted by atomic mass is 10.2. The quantitative estimate of drug-likeness (QED) is 0.342. The van der Waals surface area contributed by atoms with E-state index in [4.69, 9.17) is 19.6 Å². The maximum absolute atomic E-state index is 11.1. The maximum Gasteiger partial charge on any atom is 0.340 e. The topological polar surface area (TPSA) is 127 Å². The van der Waals surface area contributed by atoms with Crippen LogP contribution in [0.3, 0.4) is 0 Å². The first-order valence-corrected chi connectivity index (χ1v) is 9.92. The van der Waals surface area contributed by atoms with Crippen LogP contribution in [0.5, 0.6) is 0 Å². The summed E-state index contributed by atoms with van der Waals surface area (Å²) in [5.41, 5.74) is 1.13. The Kier molecular flexibility index (Phi) is 7.24. The van der Waals surface area contributed by atoms with Gasteiger partial charge in [0.05, 0.1) is 0 Å². The average molecular weight is 337 g/mol. The minimum absolute atomic E-state index is 0.193. The lowest BCUT2D eigenvalue weighted by Crippen LogP contribution is -2.15. The number of rotatable bonds is 9. The van der Waals surface area contributed by atoms with Crippen molar-refractivity contribution in [2.45, 2.75) is 31.2 Å². The van der Waals surface area contributed by atoms with Gasteiger partial charge < -0.3 is 24.9 Å². The molecule has 0 saturated heterocycles. The molecule has 0 aromatic heterocycles. The summed E-state index contributed by atoms with van der Waals surface area (Å²) in [5, 5.41) is 1.28. The molecule has 0 atom stereocenters. The van der Waals surface area contributed by atoms with Gasteiger partial charge in [-0.25, -0.2) is 0 Å². The van der Waals surface area contributed by atoms with Crippen LogP contribution in [0.25, 0.3) is 0 Å². The highest BCUT2D eigenvalue weighted by atomic mass is 31.2. The third-order valence-corrected chi connectivity index (χ3v) is 6.89. The molecule has 21 heavy (non-hydrogen) atoms. The van der Waals surface area contributed by atoms with Crippen molar-refractivity contribution in [1.82, 2.24) is 5.32 Å². The van der Waals surface area contributed by atoms with Gasteiger partial charge in [-0.3, -0.25) is 9.13 Å². The fourth-order valence-electron chi connectivity index (χ4n) is 1.94. The monoisotopic (exact) mass is 337 g/mol. The molecule has 1 aromatic rings. The van der Waals surface area contributed by atoms with Gasteiger partial charge in [-0.2, -0.15) is 0 Å². The predicted octanol–water partition coefficient (Wildman–Crippen LogP) is 1.63. The molecule has 1 aromatic carbocycles. The van der Waals surface area contributed by atoms with Gasteiger partial charge in [-0.05, 0) is 24.9 Å². The van der Waals surface area contributed by atoms with Crippen molar-refractivity contribution in [2.24, 2.45) is 0 Å². The first-order valence-electron chi connectivity index (χ1n) is 6.56. The SMILES string of the molecule is O=P(O)(O)C(CCCCNCc1ccccc1)P(=O)(O)O. The Hall–Kier alpha value is -0.520. The van der Waals surface area contributed by atoms with E-state index < -0.39 is 20.6 Å². The van der Waals surface area contributed by atoms with Crippen molar-refractivity contribution >= 4 is 15.2 Å². The third-order valence-electron chi connectivity index (χ3n) is 3.01. The molecular weight excluding hydrogens is 316 g/mol. The molecule has 0 heterocycles. The first kappa shape index (κ1) is 18.5. The lowest BCUT2D eigenvalue weighted by molar-refractivity contribution is 0.333. The zero-order valence-electron chi connectivity index (χ0n) is 11.5. The van der Waals surface area contributed by atoms with E-state index in [9.17, 15) is 9.13 Å². The molecule has 0 bridgehead atoms. The molecule has 9 heteroatoms. The second-order valence-corrected chi connectivity index (χ2v) is 8.83. The standard InChI is InChI=1S/C12H21NO6P2/c14-20(15,16)12(21(17,18)19)8-4-5-9-13-10-11-6-2-1-3-7-11/h1-3,6-7,12-13H,4-5,8-10H2,(H2,14,15,16)(H2,17,18,19). The van der Waals surface area contributed by atoms with Gasteiger partial charge in [0.15, 0.2) is 5.40 Å². The molecule has 0 spiro atoms. The van der Waals surface area contributed by atoms with Crippen molar-refractivity contribution < 1.29 is 28.7 Å². The summed E-state index contributed by atoms with van der Waals surface area (Å²) < 4.78 is 22.1. The Morgan fingerprint density at radius 2 is 1.52 bits per heavy atom. The Bertz CT molecular complexity index is 490. The van der Waals surface area contributed by atoms with Crippen LogP contribution in [0.4, 0.5) is 0 Å². The van der Waals surface area contributed by atoms with Gasteiger partial charge in [0.25, 0.3) is 0 Å². The van der Waals surface area contributed by atoms with Gasteiger partial charge in [0.1, 0.15) is 0 Å². The highest BCUT2D eigenvalue weighted by molar-refractivity contribution is 7.70. The number of hydrogen-bond donors (Lipinski definition) is 5. The van der Waals surface area contributed by atoms with E-state index in [1.807, 2.05) is 30.3 Å². The number of benzene rings is 1. The molecule has 0 fully saturated rings. The molecule has 0 unspecified atom stereocenters. The van der Waals surface area contributed by atoms with E-state index >= 15 is 0 Å². The summed E-state index contributed by atoms with van der Waals surface area (Å²) in [4.78, 5) is 35.9. The Labute approximate surface area is 123 Å². The summed E-state index contributed by atoms with van der Waals surface area (Å²) in [6.45, 7) is 1.30. The summed E-state index contributed by atoms with van der Waals surface area (Å²) in [5.74, 6) is 0. The molecule has 0 radical (unpaired) electrons. The van der Waals surface area contributed by atoms with Gasteiger partial charge in [0.2, 0.25) is 0 Å². The van der Waals surface area contributed by atoms with Crippen LogP contribution in [0.2, 0.25) is 0 Å². The van der Waals surface area contributed by atoms with Crippen molar-refractivity contribution in [3.8, 4) is 0 Å². The smallest absolute Gasteiger partial charge is 0.324 e. The minimum Gasteiger partial charge on any atom is -0.324 e. The molecule has 0 saturated carbocycles. The average Bonchev–Trinajstić information content (AvgIpc) is 2.35. The second-order valence-electron chi connectivity index (χ2n) is 4.82. The van der Waals surface area contributed by atoms with Crippen LogP contribution in [-0.4, -0.2) is 31.5 Å². The maximum atomic E-state index is 11.1. The highest BCUT2D eigenvalue weighted by Crippen LogP contribution is 2.61. The van der Waals surface area contributed by atoms with Gasteiger partial charge in [-0.1, -0.05) is 36.8 Å². The van der Waals surface area contributed by atoms with E-state index in [1.54, 1.807) is 0 Å². The van der Waals surface area contributed by atoms with E-state index in [0.717, 1.165) is 5.56 Å². The molecule has 120 valence electrons. The summed E-state index contributed by atoms with van der Waals surface area (Å²) >= 11 is 0. The number of hydrogen-bond acceptors (Lipinski definition) is 3. The van der Waals surface area contributed by atoms with Crippen LogP contribution >= 0.6 is 15.2 Å². The first-order chi connectivity index (χ1) is 9.71. The van der Waals surface area contributed by atoms with Crippen LogP contribution in [0, 0.1) is 0 Å². The third kappa shape index (κ3) is 7.34. The molecular formula is C12H21NO6P2. The summed E-state index contributed by atoms with van der Waals surface area (Å²) in [6.07, 6.45) is 0.730. The fourth-order valence-corrected chi connectivity index (χ4v) is 4.54. The zero-order valence-corrected chi connectivity index (χ0v) is 13.3. The molecule has 0 aliphatic carbocycles. The number of unbranched alkanes of at least 4 members (excludes halogenated alkanes) is 1. The Morgan fingerprint density at radius 3 is 2.05 bits per heavy atom. The number of nitrogens with one attached hydrogen (secondary N) is 1. The predicted molar refractivity (Wildman–Crippen MR) is 79.9 cm³/mol. The van der Waals surface area contributed by atoms with E-state index in [2.05, 4.69) is 5.32 Å². The van der Waals surface area contributed by atoms with E-state index in [0.29, 0.717) is 25.9 Å². The minimum atomic E-state index is -4.78. The van der Waals surface area contributed by atoms with Crippen molar-refractivity contribution in [1.29, 1.82) is 0 Å². The van der Waals surface area contributed by atoms with Crippen molar-refractivity contribution in [3.05, 3.63) is 35.9 Å². The second kappa shape index (κ2) is 8.20. The van der Waals surface area contributed by atoms with Crippen LogP contribution in [0.15, 0.2) is 30.3 Å². The van der Waals surface area contributed by atoms with Crippen LogP contribution in [0.1, 0.15) is 24.8 Å². The van der Waals surface area contributed by atoms with Gasteiger partial charge >= 0.3 is 15.2 Å². The van der Waals surface area contributed by atoms with Gasteiger partial charge in [-0.15, -0.1) is 0 Å². The van der Waals surface area contributed by atoms with Gasteiger partial charge in [0, 0.05) is 6.54 Å². The molecule has 1 rings (SSSR count). The van der Waals surface area contributed by atoms with Crippen LogP contribution < -0.4 is 5.32 Å². The largest absolute Gasteiger partial charge is 0.340 e. The summed E-state index contributed by atoms with van der Waals surface area (Å²) in [7, 11) is -9.57. The summed E-state index contributed by atoms with van der Waals surface area (Å²) in [6, 6.07) is 9.74. The molecule has 0 aliphatic rings. The zero-order chi connectivity index (χ0) is 15.9. The van der Waals surface area contributed by atoms with Crippen molar-refractivity contribution in [2.75, 3.05) is 6.54 Å². The fraction of sp³-hybridized carbons (Fsp3) is 0.500. The molecule has 0 aliphatic heterocycles. The Balaban J connectivity index is 2.26. The van der Waals surface area contributed by atoms with E-state index in [-0.39, 0.29) is 6.42 Å². The van der Waals surface area contributed by atoms with E-state index in [1.165, 1.54) is 0 Å². The Morgan fingerprint density at radius 1 is 0.952 bits per heavy atom. The highest BCUT2D eigenvalue weighted by Gasteiger charge is 2.42. The molecule has 0 amide bonds. The molecule has 5 N–H and O–H groups in total. The van der Waals surface area contributed by atoms with Crippen LogP contribution in [-0.2, 0) is 15.7 Å². The normalized spacial score (nSPS) is 12.8. The molecule has 7 nitrogen and oxygen atoms in total.